The van der Waals surface area contributed by atoms with Gasteiger partial charge in [-0.25, -0.2) is 4.99 Å². The number of likely N-dealkylation sites (N-methyl/N-ethyl adjacent to an activating group) is 1. The molecule has 0 bridgehead atoms. The van der Waals surface area contributed by atoms with E-state index in [1.807, 2.05) is 30.3 Å². The molecule has 0 spiro atoms. The minimum Gasteiger partial charge on any atom is -0.494 e. The molecule has 2 aromatic carbocycles. The number of amides is 1. The number of rotatable bonds is 9. The third kappa shape index (κ3) is 8.42. The van der Waals surface area contributed by atoms with Crippen LogP contribution >= 0.6 is 24.0 Å². The zero-order valence-electron chi connectivity index (χ0n) is 19.7. The molecule has 1 atom stereocenters. The number of nitrogens with zero attached hydrogens (tertiary/aromatic N) is 2. The van der Waals surface area contributed by atoms with Gasteiger partial charge in [0.05, 0.1) is 19.3 Å². The summed E-state index contributed by atoms with van der Waals surface area (Å²) in [4.78, 5) is 18.2. The number of ether oxygens (including phenoxy) is 2. The van der Waals surface area contributed by atoms with Crippen LogP contribution in [0.25, 0.3) is 0 Å². The normalized spacial score (nSPS) is 14.9. The van der Waals surface area contributed by atoms with Crippen LogP contribution in [0, 0.1) is 0 Å². The number of aliphatic imine (C=N–C) groups is 1. The Labute approximate surface area is 214 Å². The molecular formula is C25H35IN4O3. The molecule has 1 aliphatic heterocycles. The van der Waals surface area contributed by atoms with E-state index in [-0.39, 0.29) is 42.5 Å². The van der Waals surface area contributed by atoms with Gasteiger partial charge in [0.15, 0.2) is 5.96 Å². The summed E-state index contributed by atoms with van der Waals surface area (Å²) in [7, 11) is 3.47. The summed E-state index contributed by atoms with van der Waals surface area (Å²) in [6, 6.07) is 16.3. The van der Waals surface area contributed by atoms with Crippen molar-refractivity contribution >= 4 is 35.8 Å². The van der Waals surface area contributed by atoms with E-state index in [0.717, 1.165) is 42.9 Å². The zero-order chi connectivity index (χ0) is 22.8. The van der Waals surface area contributed by atoms with Crippen LogP contribution in [-0.2, 0) is 11.2 Å². The molecule has 0 fully saturated rings. The van der Waals surface area contributed by atoms with Gasteiger partial charge in [0, 0.05) is 32.6 Å². The minimum absolute atomic E-state index is 0. The lowest BCUT2D eigenvalue weighted by Gasteiger charge is -2.28. The fourth-order valence-electron chi connectivity index (χ4n) is 3.43. The van der Waals surface area contributed by atoms with Crippen LogP contribution < -0.4 is 20.1 Å². The molecule has 0 aliphatic carbocycles. The number of carbonyl (C=O) groups excluding carboxylic acids is 1. The lowest BCUT2D eigenvalue weighted by Crippen LogP contribution is -2.42. The Morgan fingerprint density at radius 1 is 1.21 bits per heavy atom. The highest BCUT2D eigenvalue weighted by atomic mass is 127. The molecule has 2 aromatic rings. The standard InChI is InChI=1S/C25H34N4O3.HI/c1-4-15-31-20-9-7-8-19(17-20)12-14-26-25(27-18-24(30)29(2)3)28-22-13-16-32-23-11-6-5-10-21(22)23;/h5-11,17,22H,4,12-16,18H2,1-3H3,(H2,26,27,28);1H. The molecule has 1 heterocycles. The Kier molecular flexibility index (Phi) is 11.3. The van der Waals surface area contributed by atoms with Crippen molar-refractivity contribution in [2.75, 3.05) is 40.4 Å². The predicted octanol–water partition coefficient (Wildman–Crippen LogP) is 3.78. The van der Waals surface area contributed by atoms with Crippen molar-refractivity contribution in [2.45, 2.75) is 32.2 Å². The zero-order valence-corrected chi connectivity index (χ0v) is 22.0. The van der Waals surface area contributed by atoms with Crippen molar-refractivity contribution in [1.29, 1.82) is 0 Å². The summed E-state index contributed by atoms with van der Waals surface area (Å²) in [5.74, 6) is 2.37. The first kappa shape index (κ1) is 26.8. The lowest BCUT2D eigenvalue weighted by atomic mass is 10.0. The van der Waals surface area contributed by atoms with E-state index in [4.69, 9.17) is 9.47 Å². The summed E-state index contributed by atoms with van der Waals surface area (Å²) < 4.78 is 11.5. The van der Waals surface area contributed by atoms with Crippen LogP contribution in [0.3, 0.4) is 0 Å². The molecule has 2 N–H and O–H groups in total. The van der Waals surface area contributed by atoms with E-state index >= 15 is 0 Å². The highest BCUT2D eigenvalue weighted by Gasteiger charge is 2.22. The second-order valence-electron chi connectivity index (χ2n) is 8.00. The van der Waals surface area contributed by atoms with E-state index < -0.39 is 0 Å². The molecule has 0 aromatic heterocycles. The molecule has 8 heteroatoms. The van der Waals surface area contributed by atoms with Crippen molar-refractivity contribution in [2.24, 2.45) is 4.99 Å². The number of hydrogen-bond donors (Lipinski definition) is 2. The average molecular weight is 566 g/mol. The Balaban J connectivity index is 0.00000385. The summed E-state index contributed by atoms with van der Waals surface area (Å²) in [5.41, 5.74) is 2.29. The van der Waals surface area contributed by atoms with Gasteiger partial charge in [-0.05, 0) is 36.6 Å². The highest BCUT2D eigenvalue weighted by molar-refractivity contribution is 14.0. The largest absolute Gasteiger partial charge is 0.494 e. The third-order valence-corrected chi connectivity index (χ3v) is 5.22. The van der Waals surface area contributed by atoms with Crippen LogP contribution in [0.5, 0.6) is 11.5 Å². The predicted molar refractivity (Wildman–Crippen MR) is 143 cm³/mol. The van der Waals surface area contributed by atoms with Crippen LogP contribution in [0.4, 0.5) is 0 Å². The molecule has 7 nitrogen and oxygen atoms in total. The number of para-hydroxylation sites is 1. The van der Waals surface area contributed by atoms with E-state index in [1.54, 1.807) is 19.0 Å². The van der Waals surface area contributed by atoms with Crippen molar-refractivity contribution in [3.8, 4) is 11.5 Å². The summed E-state index contributed by atoms with van der Waals surface area (Å²) >= 11 is 0. The van der Waals surface area contributed by atoms with Gasteiger partial charge in [-0.1, -0.05) is 37.3 Å². The first-order valence-electron chi connectivity index (χ1n) is 11.2. The number of guanidine groups is 1. The van der Waals surface area contributed by atoms with Crippen LogP contribution in [0.1, 0.15) is 36.9 Å². The molecule has 33 heavy (non-hydrogen) atoms. The van der Waals surface area contributed by atoms with Crippen molar-refractivity contribution < 1.29 is 14.3 Å². The van der Waals surface area contributed by atoms with Gasteiger partial charge >= 0.3 is 0 Å². The molecule has 0 saturated carbocycles. The van der Waals surface area contributed by atoms with Gasteiger partial charge in [0.2, 0.25) is 5.91 Å². The number of hydrogen-bond acceptors (Lipinski definition) is 4. The molecule has 3 rings (SSSR count). The fraction of sp³-hybridized carbons (Fsp3) is 0.440. The van der Waals surface area contributed by atoms with Gasteiger partial charge in [0.25, 0.3) is 0 Å². The van der Waals surface area contributed by atoms with Crippen LogP contribution in [0.15, 0.2) is 53.5 Å². The van der Waals surface area contributed by atoms with E-state index in [2.05, 4.69) is 40.7 Å². The molecule has 0 saturated heterocycles. The van der Waals surface area contributed by atoms with E-state index in [9.17, 15) is 4.79 Å². The molecular weight excluding hydrogens is 531 g/mol. The Bertz CT molecular complexity index is 920. The van der Waals surface area contributed by atoms with Crippen LogP contribution in [-0.4, -0.2) is 57.2 Å². The number of fused-ring (bicyclic) bond motifs is 1. The van der Waals surface area contributed by atoms with Gasteiger partial charge in [-0.3, -0.25) is 4.79 Å². The maximum Gasteiger partial charge on any atom is 0.243 e. The first-order valence-corrected chi connectivity index (χ1v) is 11.2. The minimum atomic E-state index is -0.0424. The first-order chi connectivity index (χ1) is 15.6. The van der Waals surface area contributed by atoms with Crippen molar-refractivity contribution in [3.63, 3.8) is 0 Å². The second-order valence-corrected chi connectivity index (χ2v) is 8.00. The molecule has 180 valence electrons. The molecule has 0 radical (unpaired) electrons. The average Bonchev–Trinajstić information content (AvgIpc) is 2.81. The van der Waals surface area contributed by atoms with Gasteiger partial charge in [-0.15, -0.1) is 24.0 Å². The monoisotopic (exact) mass is 566 g/mol. The SMILES string of the molecule is CCCOc1cccc(CCNC(=NCC(=O)N(C)C)NC2CCOc3ccccc32)c1.I. The topological polar surface area (TPSA) is 75.2 Å². The second kappa shape index (κ2) is 13.9. The highest BCUT2D eigenvalue weighted by Crippen LogP contribution is 2.31. The number of carbonyl (C=O) groups is 1. The summed E-state index contributed by atoms with van der Waals surface area (Å²) in [6.07, 6.45) is 2.63. The summed E-state index contributed by atoms with van der Waals surface area (Å²) in [6.45, 7) is 4.23. The fourth-order valence-corrected chi connectivity index (χ4v) is 3.43. The quantitative estimate of drug-likeness (QED) is 0.275. The maximum atomic E-state index is 12.1. The van der Waals surface area contributed by atoms with Gasteiger partial charge < -0.3 is 25.0 Å². The Morgan fingerprint density at radius 3 is 2.82 bits per heavy atom. The number of halogens is 1. The van der Waals surface area contributed by atoms with Crippen molar-refractivity contribution in [1.82, 2.24) is 15.5 Å². The molecule has 1 amide bonds. The van der Waals surface area contributed by atoms with Gasteiger partial charge in [0.1, 0.15) is 18.0 Å². The van der Waals surface area contributed by atoms with E-state index in [1.165, 1.54) is 5.56 Å². The molecule has 1 aliphatic rings. The maximum absolute atomic E-state index is 12.1. The number of nitrogens with one attached hydrogen (secondary N) is 2. The van der Waals surface area contributed by atoms with Crippen LogP contribution in [0.2, 0.25) is 0 Å². The van der Waals surface area contributed by atoms with Crippen molar-refractivity contribution in [3.05, 3.63) is 59.7 Å². The number of benzene rings is 2. The molecule has 1 unspecified atom stereocenters. The van der Waals surface area contributed by atoms with E-state index in [0.29, 0.717) is 19.1 Å². The smallest absolute Gasteiger partial charge is 0.243 e. The third-order valence-electron chi connectivity index (χ3n) is 5.22. The lowest BCUT2D eigenvalue weighted by molar-refractivity contribution is -0.127. The Morgan fingerprint density at radius 2 is 2.03 bits per heavy atom. The Hall–Kier alpha value is -2.49. The van der Waals surface area contributed by atoms with Gasteiger partial charge in [-0.2, -0.15) is 0 Å². The summed E-state index contributed by atoms with van der Waals surface area (Å²) in [5, 5.41) is 6.89.